The molecule has 1 aliphatic heterocycles. The van der Waals surface area contributed by atoms with Crippen LogP contribution in [0.1, 0.15) is 31.2 Å². The van der Waals surface area contributed by atoms with E-state index >= 15 is 0 Å². The lowest BCUT2D eigenvalue weighted by atomic mass is 10.1. The molecule has 0 aromatic heterocycles. The molecule has 1 atom stereocenters. The highest BCUT2D eigenvalue weighted by molar-refractivity contribution is 9.10. The molecule has 1 N–H and O–H groups in total. The van der Waals surface area contributed by atoms with Crippen LogP contribution in [0.3, 0.4) is 0 Å². The van der Waals surface area contributed by atoms with Crippen LogP contribution in [-0.4, -0.2) is 19.2 Å². The first-order valence-corrected chi connectivity index (χ1v) is 7.76. The molecular formula is C15H20BrNO. The summed E-state index contributed by atoms with van der Waals surface area (Å²) in [5.74, 6) is 1.97. The normalized spacial score (nSPS) is 23.1. The van der Waals surface area contributed by atoms with Gasteiger partial charge in [0.05, 0.1) is 0 Å². The predicted molar refractivity (Wildman–Crippen MR) is 77.1 cm³/mol. The van der Waals surface area contributed by atoms with Crippen molar-refractivity contribution in [3.05, 3.63) is 28.2 Å². The molecule has 2 nitrogen and oxygen atoms in total. The van der Waals surface area contributed by atoms with E-state index in [1.54, 1.807) is 0 Å². The first-order chi connectivity index (χ1) is 8.81. The van der Waals surface area contributed by atoms with Gasteiger partial charge in [0.2, 0.25) is 0 Å². The van der Waals surface area contributed by atoms with Gasteiger partial charge in [-0.15, -0.1) is 0 Å². The Morgan fingerprint density at radius 3 is 2.89 bits per heavy atom. The summed E-state index contributed by atoms with van der Waals surface area (Å²) in [6.45, 7) is 2.14. The van der Waals surface area contributed by atoms with Crippen LogP contribution in [0, 0.1) is 5.92 Å². The van der Waals surface area contributed by atoms with Crippen LogP contribution in [0.4, 0.5) is 0 Å². The van der Waals surface area contributed by atoms with Gasteiger partial charge in [-0.1, -0.05) is 28.8 Å². The number of rotatable bonds is 4. The van der Waals surface area contributed by atoms with E-state index in [1.165, 1.54) is 37.8 Å². The lowest BCUT2D eigenvalue weighted by Gasteiger charge is -2.14. The summed E-state index contributed by atoms with van der Waals surface area (Å²) in [6.07, 6.45) is 7.01. The number of nitrogens with one attached hydrogen (secondary N) is 1. The van der Waals surface area contributed by atoms with E-state index in [0.29, 0.717) is 6.10 Å². The quantitative estimate of drug-likeness (QED) is 0.918. The fourth-order valence-corrected chi connectivity index (χ4v) is 3.47. The predicted octanol–water partition coefficient (Wildman–Crippen LogP) is 3.53. The largest absolute Gasteiger partial charge is 0.488 e. The topological polar surface area (TPSA) is 21.3 Å². The van der Waals surface area contributed by atoms with Gasteiger partial charge in [-0.3, -0.25) is 0 Å². The smallest absolute Gasteiger partial charge is 0.123 e. The molecule has 1 unspecified atom stereocenters. The van der Waals surface area contributed by atoms with Gasteiger partial charge in [0.15, 0.2) is 0 Å². The molecule has 0 bridgehead atoms. The number of hydrogen-bond donors (Lipinski definition) is 1. The van der Waals surface area contributed by atoms with E-state index in [0.717, 1.165) is 29.1 Å². The Balaban J connectivity index is 1.46. The Labute approximate surface area is 117 Å². The van der Waals surface area contributed by atoms with Crippen LogP contribution in [0.5, 0.6) is 5.75 Å². The summed E-state index contributed by atoms with van der Waals surface area (Å²) in [5, 5.41) is 3.58. The highest BCUT2D eigenvalue weighted by atomic mass is 79.9. The summed E-state index contributed by atoms with van der Waals surface area (Å²) in [5.41, 5.74) is 1.33. The van der Waals surface area contributed by atoms with Gasteiger partial charge in [0, 0.05) is 17.4 Å². The lowest BCUT2D eigenvalue weighted by Crippen LogP contribution is -2.32. The van der Waals surface area contributed by atoms with Crippen molar-refractivity contribution in [2.45, 2.75) is 38.2 Å². The Kier molecular flexibility index (Phi) is 3.90. The maximum absolute atomic E-state index is 5.94. The molecule has 18 heavy (non-hydrogen) atoms. The number of ether oxygens (including phenoxy) is 1. The maximum Gasteiger partial charge on any atom is 0.123 e. The van der Waals surface area contributed by atoms with E-state index in [1.807, 2.05) is 6.07 Å². The fourth-order valence-electron chi connectivity index (χ4n) is 3.07. The second-order valence-electron chi connectivity index (χ2n) is 5.50. The van der Waals surface area contributed by atoms with Crippen molar-refractivity contribution in [1.29, 1.82) is 0 Å². The van der Waals surface area contributed by atoms with Crippen molar-refractivity contribution in [2.75, 3.05) is 13.1 Å². The third kappa shape index (κ3) is 2.89. The number of hydrogen-bond acceptors (Lipinski definition) is 2. The van der Waals surface area contributed by atoms with Crippen LogP contribution in [0.2, 0.25) is 0 Å². The van der Waals surface area contributed by atoms with Crippen LogP contribution in [0.15, 0.2) is 22.7 Å². The molecule has 2 aliphatic rings. The zero-order chi connectivity index (χ0) is 12.4. The summed E-state index contributed by atoms with van der Waals surface area (Å²) < 4.78 is 7.09. The van der Waals surface area contributed by atoms with Gasteiger partial charge in [-0.05, 0) is 49.1 Å². The number of halogens is 1. The fraction of sp³-hybridized carbons (Fsp3) is 0.600. The highest BCUT2D eigenvalue weighted by Gasteiger charge is 2.23. The Morgan fingerprint density at radius 2 is 2.06 bits per heavy atom. The average Bonchev–Trinajstić information content (AvgIpc) is 2.97. The van der Waals surface area contributed by atoms with Crippen molar-refractivity contribution in [3.8, 4) is 5.75 Å². The van der Waals surface area contributed by atoms with Crippen LogP contribution in [-0.2, 0) is 6.42 Å². The molecule has 0 amide bonds. The van der Waals surface area contributed by atoms with Crippen molar-refractivity contribution in [2.24, 2.45) is 5.92 Å². The third-order valence-electron chi connectivity index (χ3n) is 4.04. The van der Waals surface area contributed by atoms with Crippen molar-refractivity contribution in [1.82, 2.24) is 5.32 Å². The van der Waals surface area contributed by atoms with Crippen molar-refractivity contribution in [3.63, 3.8) is 0 Å². The minimum atomic E-state index is 0.315. The highest BCUT2D eigenvalue weighted by Crippen LogP contribution is 2.31. The van der Waals surface area contributed by atoms with E-state index in [9.17, 15) is 0 Å². The van der Waals surface area contributed by atoms with E-state index < -0.39 is 0 Å². The van der Waals surface area contributed by atoms with Gasteiger partial charge in [-0.25, -0.2) is 0 Å². The lowest BCUT2D eigenvalue weighted by molar-refractivity contribution is 0.225. The van der Waals surface area contributed by atoms with E-state index in [2.05, 4.69) is 33.4 Å². The SMILES string of the molecule is Brc1ccc2c(c1)CC(CNCC1CCCC1)O2. The van der Waals surface area contributed by atoms with Crippen molar-refractivity contribution >= 4 is 15.9 Å². The van der Waals surface area contributed by atoms with Gasteiger partial charge >= 0.3 is 0 Å². The molecule has 0 radical (unpaired) electrons. The summed E-state index contributed by atoms with van der Waals surface area (Å²) >= 11 is 3.51. The van der Waals surface area contributed by atoms with E-state index in [4.69, 9.17) is 4.74 Å². The Bertz CT molecular complexity index is 415. The van der Waals surface area contributed by atoms with Crippen LogP contribution >= 0.6 is 15.9 Å². The second-order valence-corrected chi connectivity index (χ2v) is 6.42. The second kappa shape index (κ2) is 5.62. The van der Waals surface area contributed by atoms with Gasteiger partial charge in [0.25, 0.3) is 0 Å². The molecule has 0 saturated heterocycles. The molecule has 3 heteroatoms. The number of fused-ring (bicyclic) bond motifs is 1. The maximum atomic E-state index is 5.94. The Hall–Kier alpha value is -0.540. The molecule has 3 rings (SSSR count). The zero-order valence-electron chi connectivity index (χ0n) is 10.6. The minimum Gasteiger partial charge on any atom is -0.488 e. The van der Waals surface area contributed by atoms with Gasteiger partial charge in [0.1, 0.15) is 11.9 Å². The summed E-state index contributed by atoms with van der Waals surface area (Å²) in [7, 11) is 0. The molecule has 1 aromatic rings. The monoisotopic (exact) mass is 309 g/mol. The van der Waals surface area contributed by atoms with Gasteiger partial charge in [-0.2, -0.15) is 0 Å². The molecule has 1 aliphatic carbocycles. The number of benzene rings is 1. The molecule has 1 aromatic carbocycles. The van der Waals surface area contributed by atoms with Gasteiger partial charge < -0.3 is 10.1 Å². The minimum absolute atomic E-state index is 0.315. The standard InChI is InChI=1S/C15H20BrNO/c16-13-5-6-15-12(7-13)8-14(18-15)10-17-9-11-3-1-2-4-11/h5-7,11,14,17H,1-4,8-10H2. The van der Waals surface area contributed by atoms with Crippen LogP contribution in [0.25, 0.3) is 0 Å². The molecule has 0 spiro atoms. The summed E-state index contributed by atoms with van der Waals surface area (Å²) in [6, 6.07) is 6.29. The zero-order valence-corrected chi connectivity index (χ0v) is 12.2. The molecule has 1 heterocycles. The van der Waals surface area contributed by atoms with Crippen molar-refractivity contribution < 1.29 is 4.74 Å². The molecule has 98 valence electrons. The third-order valence-corrected chi connectivity index (χ3v) is 4.54. The molecular weight excluding hydrogens is 290 g/mol. The molecule has 1 saturated carbocycles. The molecule has 1 fully saturated rings. The first-order valence-electron chi connectivity index (χ1n) is 6.97. The summed E-state index contributed by atoms with van der Waals surface area (Å²) in [4.78, 5) is 0. The first kappa shape index (κ1) is 12.5. The average molecular weight is 310 g/mol. The Morgan fingerprint density at radius 1 is 1.22 bits per heavy atom. The van der Waals surface area contributed by atoms with E-state index in [-0.39, 0.29) is 0 Å². The van der Waals surface area contributed by atoms with Crippen LogP contribution < -0.4 is 10.1 Å².